The molecule has 1 atom stereocenters. The van der Waals surface area contributed by atoms with Gasteiger partial charge in [0.15, 0.2) is 0 Å². The predicted octanol–water partition coefficient (Wildman–Crippen LogP) is 2.55. The Kier molecular flexibility index (Phi) is 4.99. The van der Waals surface area contributed by atoms with Crippen molar-refractivity contribution in [3.8, 4) is 0 Å². The second kappa shape index (κ2) is 5.97. The van der Waals surface area contributed by atoms with E-state index in [-0.39, 0.29) is 0 Å². The largest absolute Gasteiger partial charge is 0.591 e. The maximum atomic E-state index is 11.8. The van der Waals surface area contributed by atoms with Crippen LogP contribution in [0.15, 0.2) is 16.7 Å². The molecule has 1 rings (SSSR count). The lowest BCUT2D eigenvalue weighted by Crippen LogP contribution is -2.27. The molecule has 0 saturated carbocycles. The summed E-state index contributed by atoms with van der Waals surface area (Å²) in [6.45, 7) is 10.8. The minimum absolute atomic E-state index is 0.426. The molecule has 0 bridgehead atoms. The fourth-order valence-electron chi connectivity index (χ4n) is 1.08. The number of hydrogen-bond acceptors (Lipinski definition) is 5. The normalized spacial score (nSPS) is 14.6. The van der Waals surface area contributed by atoms with E-state index in [0.29, 0.717) is 5.69 Å². The Bertz CT molecular complexity index is 498. The van der Waals surface area contributed by atoms with Gasteiger partial charge < -0.3 is 9.29 Å². The van der Waals surface area contributed by atoms with Crippen molar-refractivity contribution in [3.05, 3.63) is 18.0 Å². The molecule has 0 N–H and O–H groups in total. The smallest absolute Gasteiger partial charge is 0.435 e. The summed E-state index contributed by atoms with van der Waals surface area (Å²) in [6.07, 6.45) is 2.31. The molecule has 0 aliphatic heterocycles. The van der Waals surface area contributed by atoms with Crippen LogP contribution in [0.25, 0.3) is 0 Å². The van der Waals surface area contributed by atoms with Crippen LogP contribution >= 0.6 is 0 Å². The van der Waals surface area contributed by atoms with Crippen LogP contribution in [0.2, 0.25) is 0 Å². The SMILES string of the molecule is CC(C)(C)OC(=O)n1ccc(C=N[S@@+]([O-])C(C)(C)C)n1. The van der Waals surface area contributed by atoms with Crippen molar-refractivity contribution < 1.29 is 14.1 Å². The molecule has 1 heterocycles. The molecule has 0 aliphatic rings. The summed E-state index contributed by atoms with van der Waals surface area (Å²) in [5.74, 6) is 0. The van der Waals surface area contributed by atoms with Crippen molar-refractivity contribution in [2.24, 2.45) is 4.40 Å². The molecule has 112 valence electrons. The van der Waals surface area contributed by atoms with Gasteiger partial charge in [-0.25, -0.2) is 4.79 Å². The van der Waals surface area contributed by atoms with E-state index in [0.717, 1.165) is 4.68 Å². The zero-order chi connectivity index (χ0) is 15.6. The van der Waals surface area contributed by atoms with Crippen molar-refractivity contribution >= 4 is 23.7 Å². The van der Waals surface area contributed by atoms with Crippen molar-refractivity contribution in [2.75, 3.05) is 0 Å². The van der Waals surface area contributed by atoms with Gasteiger partial charge in [0.2, 0.25) is 0 Å². The molecular weight excluding hydrogens is 278 g/mol. The molecule has 0 saturated heterocycles. The average Bonchev–Trinajstić information content (AvgIpc) is 2.70. The lowest BCUT2D eigenvalue weighted by molar-refractivity contribution is 0.0514. The molecule has 0 aliphatic carbocycles. The third-order valence-corrected chi connectivity index (χ3v) is 3.34. The van der Waals surface area contributed by atoms with E-state index in [1.807, 2.05) is 20.8 Å². The fourth-order valence-corrected chi connectivity index (χ4v) is 1.60. The summed E-state index contributed by atoms with van der Waals surface area (Å²) in [4.78, 5) is 11.7. The van der Waals surface area contributed by atoms with Crippen LogP contribution in [0.5, 0.6) is 0 Å². The van der Waals surface area contributed by atoms with Crippen LogP contribution in [0, 0.1) is 0 Å². The summed E-state index contributed by atoms with van der Waals surface area (Å²) in [7, 11) is 0. The first-order valence-corrected chi connectivity index (χ1v) is 7.35. The second-order valence-corrected chi connectivity index (χ2v) is 8.20. The zero-order valence-corrected chi connectivity index (χ0v) is 13.5. The molecule has 1 aromatic heterocycles. The average molecular weight is 299 g/mol. The van der Waals surface area contributed by atoms with E-state index in [1.165, 1.54) is 12.4 Å². The second-order valence-electron chi connectivity index (χ2n) is 6.26. The van der Waals surface area contributed by atoms with E-state index in [2.05, 4.69) is 9.50 Å². The molecule has 20 heavy (non-hydrogen) atoms. The van der Waals surface area contributed by atoms with E-state index in [4.69, 9.17) is 4.74 Å². The topological polar surface area (TPSA) is 79.5 Å². The van der Waals surface area contributed by atoms with Crippen LogP contribution in [0.1, 0.15) is 47.2 Å². The first-order chi connectivity index (χ1) is 8.99. The van der Waals surface area contributed by atoms with E-state index >= 15 is 0 Å². The van der Waals surface area contributed by atoms with Gasteiger partial charge >= 0.3 is 6.09 Å². The zero-order valence-electron chi connectivity index (χ0n) is 12.7. The number of rotatable bonds is 2. The highest BCUT2D eigenvalue weighted by atomic mass is 32.2. The van der Waals surface area contributed by atoms with Crippen LogP contribution in [-0.4, -0.2) is 37.0 Å². The van der Waals surface area contributed by atoms with Gasteiger partial charge in [0.05, 0.1) is 0 Å². The molecule has 0 spiro atoms. The van der Waals surface area contributed by atoms with Gasteiger partial charge in [0, 0.05) is 6.20 Å². The third kappa shape index (κ3) is 5.34. The number of carbonyl (C=O) groups excluding carboxylic acids is 1. The highest BCUT2D eigenvalue weighted by Gasteiger charge is 2.26. The van der Waals surface area contributed by atoms with Crippen molar-refractivity contribution in [1.29, 1.82) is 0 Å². The summed E-state index contributed by atoms with van der Waals surface area (Å²) >= 11 is -1.35. The van der Waals surface area contributed by atoms with Gasteiger partial charge in [-0.1, -0.05) is 4.40 Å². The number of ether oxygens (including phenoxy) is 1. The molecule has 0 radical (unpaired) electrons. The standard InChI is InChI=1S/C13H21N3O3S/c1-12(2,3)19-11(17)16-8-7-10(15-16)9-14-20(18)13(4,5)6/h7-9H,1-6H3/t20-/m0/s1. The van der Waals surface area contributed by atoms with Crippen LogP contribution in [0.3, 0.4) is 0 Å². The Morgan fingerprint density at radius 3 is 2.50 bits per heavy atom. The fraction of sp³-hybridized carbons (Fsp3) is 0.615. The van der Waals surface area contributed by atoms with Crippen molar-refractivity contribution in [3.63, 3.8) is 0 Å². The highest BCUT2D eigenvalue weighted by molar-refractivity contribution is 7.91. The summed E-state index contributed by atoms with van der Waals surface area (Å²) in [5, 5.41) is 4.01. The monoisotopic (exact) mass is 299 g/mol. The van der Waals surface area contributed by atoms with Crippen LogP contribution in [-0.2, 0) is 16.1 Å². The molecular formula is C13H21N3O3S. The lowest BCUT2D eigenvalue weighted by Gasteiger charge is -2.18. The Morgan fingerprint density at radius 1 is 1.40 bits per heavy atom. The van der Waals surface area contributed by atoms with Crippen LogP contribution < -0.4 is 0 Å². The Morgan fingerprint density at radius 2 is 2.00 bits per heavy atom. The minimum atomic E-state index is -1.35. The first kappa shape index (κ1) is 16.7. The van der Waals surface area contributed by atoms with E-state index < -0.39 is 27.8 Å². The summed E-state index contributed by atoms with van der Waals surface area (Å²) < 4.78 is 21.5. The highest BCUT2D eigenvalue weighted by Crippen LogP contribution is 2.16. The van der Waals surface area contributed by atoms with E-state index in [9.17, 15) is 9.35 Å². The summed E-state index contributed by atoms with van der Waals surface area (Å²) in [6, 6.07) is 1.60. The van der Waals surface area contributed by atoms with Crippen molar-refractivity contribution in [2.45, 2.75) is 51.9 Å². The lowest BCUT2D eigenvalue weighted by atomic mass is 10.2. The molecule has 0 unspecified atom stereocenters. The molecule has 6 nitrogen and oxygen atoms in total. The van der Waals surface area contributed by atoms with Gasteiger partial charge in [-0.3, -0.25) is 0 Å². The van der Waals surface area contributed by atoms with Gasteiger partial charge in [-0.05, 0) is 47.6 Å². The number of carbonyl (C=O) groups is 1. The quantitative estimate of drug-likeness (QED) is 0.621. The Hall–Kier alpha value is -1.34. The number of aromatic nitrogens is 2. The van der Waals surface area contributed by atoms with Crippen molar-refractivity contribution in [1.82, 2.24) is 9.78 Å². The summed E-state index contributed by atoms with van der Waals surface area (Å²) in [5.41, 5.74) is -0.126. The maximum absolute atomic E-state index is 11.8. The minimum Gasteiger partial charge on any atom is -0.591 e. The van der Waals surface area contributed by atoms with Gasteiger partial charge in [0.1, 0.15) is 33.6 Å². The maximum Gasteiger partial charge on any atom is 0.435 e. The third-order valence-electron chi connectivity index (χ3n) is 1.99. The molecule has 0 fully saturated rings. The van der Waals surface area contributed by atoms with Gasteiger partial charge in [-0.15, -0.1) is 0 Å². The molecule has 0 amide bonds. The van der Waals surface area contributed by atoms with Crippen LogP contribution in [0.4, 0.5) is 4.79 Å². The first-order valence-electron chi connectivity index (χ1n) is 6.24. The number of hydrogen-bond donors (Lipinski definition) is 0. The molecule has 7 heteroatoms. The molecule has 0 aromatic carbocycles. The van der Waals surface area contributed by atoms with E-state index in [1.54, 1.807) is 26.8 Å². The molecule has 1 aromatic rings. The Balaban J connectivity index is 2.73. The Labute approximate surface area is 122 Å². The van der Waals surface area contributed by atoms with Gasteiger partial charge in [-0.2, -0.15) is 9.78 Å². The predicted molar refractivity (Wildman–Crippen MR) is 79.3 cm³/mol. The van der Waals surface area contributed by atoms with Gasteiger partial charge in [0.25, 0.3) is 0 Å². The number of nitrogens with zero attached hydrogens (tertiary/aromatic N) is 3.